The third-order valence-corrected chi connectivity index (χ3v) is 3.11. The van der Waals surface area contributed by atoms with Crippen LogP contribution in [0.4, 0.5) is 0 Å². The van der Waals surface area contributed by atoms with Gasteiger partial charge in [-0.3, -0.25) is 0 Å². The quantitative estimate of drug-likeness (QED) is 0.558. The Bertz CT molecular complexity index is 643. The van der Waals surface area contributed by atoms with Crippen molar-refractivity contribution in [3.05, 3.63) is 48.0 Å². The summed E-state index contributed by atoms with van der Waals surface area (Å²) in [6.07, 6.45) is -1.07. The topological polar surface area (TPSA) is 84.2 Å². The Hall–Kier alpha value is -2.38. The maximum Gasteiger partial charge on any atom is 0.333 e. The van der Waals surface area contributed by atoms with Gasteiger partial charge in [0.05, 0.1) is 6.61 Å². The molecule has 0 radical (unpaired) electrons. The van der Waals surface area contributed by atoms with Crippen LogP contribution >= 0.6 is 0 Å². The predicted octanol–water partition coefficient (Wildman–Crippen LogP) is 2.43. The summed E-state index contributed by atoms with van der Waals surface area (Å²) in [5.41, 5.74) is 0.641. The number of ether oxygens (including phenoxy) is 4. The number of esters is 2. The van der Waals surface area contributed by atoms with Crippen LogP contribution < -0.4 is 0 Å². The Balaban J connectivity index is 1.81. The molecule has 0 amide bonds. The lowest BCUT2D eigenvalue weighted by Crippen LogP contribution is -2.20. The largest absolute Gasteiger partial charge is 0.459 e. The molecule has 130 valence electrons. The van der Waals surface area contributed by atoms with Gasteiger partial charge in [0.25, 0.3) is 0 Å². The van der Waals surface area contributed by atoms with E-state index in [4.69, 9.17) is 23.4 Å². The van der Waals surface area contributed by atoms with Crippen molar-refractivity contribution >= 4 is 11.9 Å². The molecule has 2 atom stereocenters. The number of hydrogen-bond donors (Lipinski definition) is 0. The highest BCUT2D eigenvalue weighted by molar-refractivity contribution is 5.87. The lowest BCUT2D eigenvalue weighted by atomic mass is 10.3. The summed E-state index contributed by atoms with van der Waals surface area (Å²) in [6, 6.07) is 3.35. The van der Waals surface area contributed by atoms with Crippen LogP contribution in [0, 0.1) is 0 Å². The van der Waals surface area contributed by atoms with Crippen molar-refractivity contribution in [3.8, 4) is 0 Å². The molecule has 1 aliphatic rings. The molecular weight excluding hydrogens is 316 g/mol. The predicted molar refractivity (Wildman–Crippen MR) is 82.7 cm³/mol. The van der Waals surface area contributed by atoms with Crippen molar-refractivity contribution in [3.63, 3.8) is 0 Å². The number of carbonyl (C=O) groups is 2. The smallest absolute Gasteiger partial charge is 0.333 e. The minimum atomic E-state index is -0.691. The van der Waals surface area contributed by atoms with Gasteiger partial charge in [0.2, 0.25) is 6.29 Å². The molecule has 7 heteroatoms. The van der Waals surface area contributed by atoms with Crippen LogP contribution in [-0.4, -0.2) is 31.3 Å². The van der Waals surface area contributed by atoms with E-state index >= 15 is 0 Å². The highest BCUT2D eigenvalue weighted by Gasteiger charge is 2.30. The Labute approximate surface area is 139 Å². The van der Waals surface area contributed by atoms with Crippen molar-refractivity contribution in [1.82, 2.24) is 0 Å². The molecule has 2 unspecified atom stereocenters. The third kappa shape index (κ3) is 4.81. The second-order valence-electron chi connectivity index (χ2n) is 5.46. The second-order valence-corrected chi connectivity index (χ2v) is 5.46. The first kappa shape index (κ1) is 18.0. The van der Waals surface area contributed by atoms with Crippen LogP contribution in [0.1, 0.15) is 31.7 Å². The van der Waals surface area contributed by atoms with Crippen LogP contribution in [-0.2, 0) is 35.1 Å². The van der Waals surface area contributed by atoms with Crippen LogP contribution in [0.2, 0.25) is 0 Å². The Morgan fingerprint density at radius 1 is 1.17 bits per heavy atom. The summed E-state index contributed by atoms with van der Waals surface area (Å²) >= 11 is 0. The fourth-order valence-corrected chi connectivity index (χ4v) is 1.84. The van der Waals surface area contributed by atoms with Crippen molar-refractivity contribution in [2.45, 2.75) is 32.8 Å². The third-order valence-electron chi connectivity index (χ3n) is 3.11. The van der Waals surface area contributed by atoms with Gasteiger partial charge in [0.15, 0.2) is 5.76 Å². The van der Waals surface area contributed by atoms with Gasteiger partial charge in [-0.15, -0.1) is 0 Å². The van der Waals surface area contributed by atoms with E-state index in [1.807, 2.05) is 0 Å². The van der Waals surface area contributed by atoms with Crippen molar-refractivity contribution in [1.29, 1.82) is 0 Å². The van der Waals surface area contributed by atoms with E-state index in [1.54, 1.807) is 26.0 Å². The lowest BCUT2D eigenvalue weighted by Gasteiger charge is -2.10. The zero-order valence-corrected chi connectivity index (χ0v) is 13.7. The number of rotatable bonds is 7. The SMILES string of the molecule is C=C(C)C(=O)OCc1ccc(C2OCC(COC(=O)C(=C)C)O2)o1. The van der Waals surface area contributed by atoms with Gasteiger partial charge in [-0.2, -0.15) is 0 Å². The minimum absolute atomic E-state index is 0.00192. The number of carbonyl (C=O) groups excluding carboxylic acids is 2. The van der Waals surface area contributed by atoms with Gasteiger partial charge in [-0.05, 0) is 26.0 Å². The highest BCUT2D eigenvalue weighted by Crippen LogP contribution is 2.28. The molecule has 0 spiro atoms. The Morgan fingerprint density at radius 2 is 1.83 bits per heavy atom. The Kier molecular flexibility index (Phi) is 5.94. The first-order valence-corrected chi connectivity index (χ1v) is 7.37. The van der Waals surface area contributed by atoms with Crippen LogP contribution in [0.3, 0.4) is 0 Å². The molecule has 1 aromatic rings. The van der Waals surface area contributed by atoms with Gasteiger partial charge >= 0.3 is 11.9 Å². The van der Waals surface area contributed by atoms with E-state index in [2.05, 4.69) is 13.2 Å². The monoisotopic (exact) mass is 336 g/mol. The molecule has 2 heterocycles. The minimum Gasteiger partial charge on any atom is -0.459 e. The molecule has 0 aliphatic carbocycles. The van der Waals surface area contributed by atoms with E-state index in [0.717, 1.165) is 0 Å². The van der Waals surface area contributed by atoms with E-state index in [0.29, 0.717) is 22.7 Å². The van der Waals surface area contributed by atoms with Crippen molar-refractivity contribution in [2.24, 2.45) is 0 Å². The van der Waals surface area contributed by atoms with Crippen molar-refractivity contribution < 1.29 is 33.0 Å². The Morgan fingerprint density at radius 3 is 2.50 bits per heavy atom. The maximum atomic E-state index is 11.3. The van der Waals surface area contributed by atoms with Gasteiger partial charge in [0.1, 0.15) is 25.1 Å². The normalized spacial score (nSPS) is 19.8. The molecule has 7 nitrogen and oxygen atoms in total. The van der Waals surface area contributed by atoms with Gasteiger partial charge < -0.3 is 23.4 Å². The molecule has 1 aliphatic heterocycles. The van der Waals surface area contributed by atoms with E-state index in [-0.39, 0.29) is 25.9 Å². The van der Waals surface area contributed by atoms with Crippen LogP contribution in [0.25, 0.3) is 0 Å². The molecule has 0 N–H and O–H groups in total. The summed E-state index contributed by atoms with van der Waals surface area (Å²) in [4.78, 5) is 22.7. The summed E-state index contributed by atoms with van der Waals surface area (Å²) < 4.78 is 26.6. The standard InChI is InChI=1S/C17H20O7/c1-10(2)15(18)20-7-12-5-6-14(23-12)17-22-9-13(24-17)8-21-16(19)11(3)4/h5-6,13,17H,1,3,7-9H2,2,4H3. The van der Waals surface area contributed by atoms with Crippen molar-refractivity contribution in [2.75, 3.05) is 13.2 Å². The number of furan rings is 1. The molecule has 1 saturated heterocycles. The highest BCUT2D eigenvalue weighted by atomic mass is 16.7. The van der Waals surface area contributed by atoms with Gasteiger partial charge in [0, 0.05) is 11.1 Å². The van der Waals surface area contributed by atoms with Gasteiger partial charge in [-0.1, -0.05) is 13.2 Å². The first-order chi connectivity index (χ1) is 11.4. The molecule has 24 heavy (non-hydrogen) atoms. The fraction of sp³-hybridized carbons (Fsp3) is 0.412. The molecule has 0 saturated carbocycles. The molecule has 1 aromatic heterocycles. The first-order valence-electron chi connectivity index (χ1n) is 7.37. The molecule has 0 aromatic carbocycles. The molecule has 2 rings (SSSR count). The molecule has 1 fully saturated rings. The van der Waals surface area contributed by atoms with E-state index in [1.165, 1.54) is 0 Å². The second kappa shape index (κ2) is 7.94. The summed E-state index contributed by atoms with van der Waals surface area (Å²) in [6.45, 7) is 10.5. The zero-order valence-electron chi connectivity index (χ0n) is 13.7. The molecule has 0 bridgehead atoms. The van der Waals surface area contributed by atoms with Gasteiger partial charge in [-0.25, -0.2) is 9.59 Å². The number of hydrogen-bond acceptors (Lipinski definition) is 7. The zero-order chi connectivity index (χ0) is 17.7. The molecular formula is C17H20O7. The fourth-order valence-electron chi connectivity index (χ4n) is 1.84. The maximum absolute atomic E-state index is 11.3. The average molecular weight is 336 g/mol. The van der Waals surface area contributed by atoms with E-state index in [9.17, 15) is 9.59 Å². The van der Waals surface area contributed by atoms with Crippen LogP contribution in [0.15, 0.2) is 40.9 Å². The van der Waals surface area contributed by atoms with Crippen LogP contribution in [0.5, 0.6) is 0 Å². The summed E-state index contributed by atoms with van der Waals surface area (Å²) in [5, 5.41) is 0. The van der Waals surface area contributed by atoms with E-state index < -0.39 is 18.2 Å². The summed E-state index contributed by atoms with van der Waals surface area (Å²) in [7, 11) is 0. The summed E-state index contributed by atoms with van der Waals surface area (Å²) in [5.74, 6) is -0.0450. The average Bonchev–Trinajstić information content (AvgIpc) is 3.18. The lowest BCUT2D eigenvalue weighted by molar-refractivity contribution is -0.144.